The van der Waals surface area contributed by atoms with Crippen molar-refractivity contribution in [2.75, 3.05) is 9.80 Å². The number of para-hydroxylation sites is 8. The Morgan fingerprint density at radius 3 is 1.17 bits per heavy atom. The first-order valence-corrected chi connectivity index (χ1v) is 16.8. The van der Waals surface area contributed by atoms with Gasteiger partial charge in [-0.15, -0.1) is 0 Å². The number of rotatable bonds is 5. The Morgan fingerprint density at radius 1 is 0.365 bits per heavy atom. The third kappa shape index (κ3) is 4.91. The number of benzene rings is 6. The fourth-order valence-electron chi connectivity index (χ4n) is 6.93. The predicted octanol–water partition coefficient (Wildman–Crippen LogP) is 10.8. The molecule has 2 aromatic heterocycles. The van der Waals surface area contributed by atoms with Gasteiger partial charge < -0.3 is 19.3 Å². The maximum atomic E-state index is 6.44. The summed E-state index contributed by atoms with van der Waals surface area (Å²) in [4.78, 5) is 26.8. The van der Waals surface area contributed by atoms with Crippen molar-refractivity contribution in [3.8, 4) is 56.9 Å². The normalized spacial score (nSPS) is 12.5. The third-order valence-corrected chi connectivity index (χ3v) is 9.21. The van der Waals surface area contributed by atoms with E-state index < -0.39 is 0 Å². The number of hydrogen-bond acceptors (Lipinski definition) is 9. The lowest BCUT2D eigenvalue weighted by atomic mass is 9.94. The van der Waals surface area contributed by atoms with Crippen LogP contribution >= 0.6 is 0 Å². The van der Waals surface area contributed by atoms with Crippen molar-refractivity contribution in [3.63, 3.8) is 0 Å². The highest BCUT2D eigenvalue weighted by Crippen LogP contribution is 2.56. The largest absolute Gasteiger partial charge is 0.453 e. The molecule has 0 aliphatic carbocycles. The Morgan fingerprint density at radius 2 is 0.750 bits per heavy atom. The molecule has 0 unspecified atom stereocenters. The summed E-state index contributed by atoms with van der Waals surface area (Å²) in [5.74, 6) is 4.23. The minimum atomic E-state index is 0.575. The molecule has 0 radical (unpaired) electrons. The van der Waals surface area contributed by atoms with Crippen LogP contribution in [0.2, 0.25) is 0 Å². The van der Waals surface area contributed by atoms with Gasteiger partial charge in [0.05, 0.1) is 34.1 Å². The summed E-state index contributed by atoms with van der Waals surface area (Å²) >= 11 is 0. The maximum Gasteiger partial charge on any atom is 0.162 e. The topological polar surface area (TPSA) is 89.4 Å². The minimum absolute atomic E-state index is 0.575. The lowest BCUT2D eigenvalue weighted by Crippen LogP contribution is -2.18. The highest BCUT2D eigenvalue weighted by atomic mass is 16.5. The van der Waals surface area contributed by atoms with Crippen LogP contribution in [0.15, 0.2) is 165 Å². The number of nitrogens with zero attached hydrogens (tertiary/aromatic N) is 7. The zero-order valence-electron chi connectivity index (χ0n) is 27.5. The van der Waals surface area contributed by atoms with Crippen LogP contribution in [-0.4, -0.2) is 24.9 Å². The summed E-state index contributed by atoms with van der Waals surface area (Å²) in [6.45, 7) is 0. The molecule has 2 aliphatic rings. The van der Waals surface area contributed by atoms with E-state index in [1.54, 1.807) is 12.4 Å². The van der Waals surface area contributed by atoms with Crippen molar-refractivity contribution >= 4 is 34.1 Å². The van der Waals surface area contributed by atoms with E-state index in [1.807, 2.05) is 78.9 Å². The fraction of sp³-hybridized carbons (Fsp3) is 0. The second-order valence-corrected chi connectivity index (χ2v) is 12.2. The average molecular weight is 674 g/mol. The molecule has 0 saturated heterocycles. The van der Waals surface area contributed by atoms with Gasteiger partial charge in [-0.3, -0.25) is 0 Å². The van der Waals surface area contributed by atoms with Crippen molar-refractivity contribution in [1.82, 2.24) is 24.9 Å². The van der Waals surface area contributed by atoms with Crippen molar-refractivity contribution in [1.29, 1.82) is 0 Å². The summed E-state index contributed by atoms with van der Waals surface area (Å²) in [6, 6.07) is 47.0. The van der Waals surface area contributed by atoms with Crippen LogP contribution in [0.3, 0.4) is 0 Å². The Labute approximate surface area is 299 Å². The molecule has 0 saturated carbocycles. The fourth-order valence-corrected chi connectivity index (χ4v) is 6.93. The van der Waals surface area contributed by atoms with Crippen LogP contribution in [0.4, 0.5) is 34.1 Å². The minimum Gasteiger partial charge on any atom is -0.453 e. The average Bonchev–Trinajstić information content (AvgIpc) is 3.22. The number of fused-ring (bicyclic) bond motifs is 4. The Bertz CT molecular complexity index is 2340. The monoisotopic (exact) mass is 673 g/mol. The number of anilines is 6. The maximum absolute atomic E-state index is 6.44. The molecule has 0 fully saturated rings. The lowest BCUT2D eigenvalue weighted by molar-refractivity contribution is 0.476. The molecule has 0 bridgehead atoms. The Hall–Kier alpha value is -7.39. The van der Waals surface area contributed by atoms with E-state index in [1.165, 1.54) is 12.7 Å². The standard InChI is InChI=1S/C43H27N7O2/c1-5-14-38-32(10-1)49(33-11-2-6-15-39(33)51-38)36-24-28(42-45-22-9-23-46-42)18-20-30(36)31-21-19-29(43-47-26-44-27-48-43)25-37(31)50-34-12-3-7-16-40(34)52-41-17-8-4-13-35(41)50/h1-27H. The molecule has 6 aromatic carbocycles. The predicted molar refractivity (Wildman–Crippen MR) is 201 cm³/mol. The molecule has 10 rings (SSSR count). The molecular weight excluding hydrogens is 647 g/mol. The summed E-state index contributed by atoms with van der Waals surface area (Å²) < 4.78 is 12.9. The Kier molecular flexibility index (Phi) is 6.92. The smallest absolute Gasteiger partial charge is 0.162 e. The van der Waals surface area contributed by atoms with Crippen molar-refractivity contribution in [2.24, 2.45) is 0 Å². The van der Waals surface area contributed by atoms with Crippen molar-refractivity contribution in [3.05, 3.63) is 165 Å². The van der Waals surface area contributed by atoms with Gasteiger partial charge in [-0.2, -0.15) is 0 Å². The van der Waals surface area contributed by atoms with Crippen LogP contribution in [0, 0.1) is 0 Å². The third-order valence-electron chi connectivity index (χ3n) is 9.21. The van der Waals surface area contributed by atoms with Gasteiger partial charge in [0.2, 0.25) is 0 Å². The number of ether oxygens (including phenoxy) is 2. The lowest BCUT2D eigenvalue weighted by Gasteiger charge is -2.36. The first-order chi connectivity index (χ1) is 25.8. The van der Waals surface area contributed by atoms with E-state index in [2.05, 4.69) is 95.4 Å². The number of aromatic nitrogens is 5. The van der Waals surface area contributed by atoms with E-state index >= 15 is 0 Å². The summed E-state index contributed by atoms with van der Waals surface area (Å²) in [5.41, 5.74) is 9.18. The van der Waals surface area contributed by atoms with Gasteiger partial charge in [-0.1, -0.05) is 72.8 Å². The molecule has 0 atom stereocenters. The highest BCUT2D eigenvalue weighted by molar-refractivity contribution is 6.01. The van der Waals surface area contributed by atoms with E-state index in [0.717, 1.165) is 79.4 Å². The summed E-state index contributed by atoms with van der Waals surface area (Å²) in [6.07, 6.45) is 6.57. The molecule has 0 spiro atoms. The molecule has 52 heavy (non-hydrogen) atoms. The second kappa shape index (κ2) is 12.2. The summed E-state index contributed by atoms with van der Waals surface area (Å²) in [5, 5.41) is 0. The van der Waals surface area contributed by atoms with Crippen LogP contribution in [0.5, 0.6) is 23.0 Å². The second-order valence-electron chi connectivity index (χ2n) is 12.2. The molecule has 4 heterocycles. The first kappa shape index (κ1) is 29.5. The molecular formula is C43H27N7O2. The molecule has 9 nitrogen and oxygen atoms in total. The van der Waals surface area contributed by atoms with Gasteiger partial charge in [-0.25, -0.2) is 24.9 Å². The zero-order chi connectivity index (χ0) is 34.4. The molecule has 2 aliphatic heterocycles. The zero-order valence-corrected chi connectivity index (χ0v) is 27.5. The van der Waals surface area contributed by atoms with Crippen LogP contribution in [0.1, 0.15) is 0 Å². The van der Waals surface area contributed by atoms with Crippen molar-refractivity contribution in [2.45, 2.75) is 0 Å². The SMILES string of the molecule is c1cnc(-c2ccc(-c3ccc(-c4ncncn4)cc3N3c4ccccc4Oc4ccccc43)c(N3c4ccccc4Oc4ccccc43)c2)nc1. The van der Waals surface area contributed by atoms with Gasteiger partial charge in [-0.05, 0) is 66.7 Å². The van der Waals surface area contributed by atoms with E-state index in [9.17, 15) is 0 Å². The van der Waals surface area contributed by atoms with Crippen LogP contribution < -0.4 is 19.3 Å². The Balaban J connectivity index is 1.28. The molecule has 0 amide bonds. The quantitative estimate of drug-likeness (QED) is 0.177. The van der Waals surface area contributed by atoms with E-state index in [0.29, 0.717) is 11.6 Å². The van der Waals surface area contributed by atoms with Gasteiger partial charge in [0, 0.05) is 34.6 Å². The molecule has 8 aromatic rings. The van der Waals surface area contributed by atoms with Gasteiger partial charge in [0.15, 0.2) is 34.6 Å². The number of hydrogen-bond donors (Lipinski definition) is 0. The van der Waals surface area contributed by atoms with Crippen LogP contribution in [0.25, 0.3) is 33.9 Å². The van der Waals surface area contributed by atoms with Gasteiger partial charge in [0.1, 0.15) is 12.7 Å². The molecule has 0 N–H and O–H groups in total. The molecule has 246 valence electrons. The van der Waals surface area contributed by atoms with E-state index in [4.69, 9.17) is 9.47 Å². The molecule has 9 heteroatoms. The van der Waals surface area contributed by atoms with E-state index in [-0.39, 0.29) is 0 Å². The summed E-state index contributed by atoms with van der Waals surface area (Å²) in [7, 11) is 0. The van der Waals surface area contributed by atoms with Gasteiger partial charge >= 0.3 is 0 Å². The van der Waals surface area contributed by atoms with Crippen LogP contribution in [-0.2, 0) is 0 Å². The highest BCUT2D eigenvalue weighted by Gasteiger charge is 2.31. The van der Waals surface area contributed by atoms with Crippen molar-refractivity contribution < 1.29 is 9.47 Å². The van der Waals surface area contributed by atoms with Gasteiger partial charge in [0.25, 0.3) is 0 Å². The first-order valence-electron chi connectivity index (χ1n) is 16.8.